The first-order chi connectivity index (χ1) is 10.3. The van der Waals surface area contributed by atoms with Crippen molar-refractivity contribution in [3.63, 3.8) is 0 Å². The van der Waals surface area contributed by atoms with Gasteiger partial charge in [0.1, 0.15) is 11.5 Å². The Morgan fingerprint density at radius 3 is 2.67 bits per heavy atom. The Morgan fingerprint density at radius 1 is 1.10 bits per heavy atom. The van der Waals surface area contributed by atoms with E-state index in [9.17, 15) is 0 Å². The zero-order valence-electron chi connectivity index (χ0n) is 13.3. The molecular formula is C16H27NO4. The smallest absolute Gasteiger partial charge is 0.127 e. The minimum Gasteiger partial charge on any atom is -0.497 e. The molecule has 0 radical (unpaired) electrons. The van der Waals surface area contributed by atoms with Gasteiger partial charge in [-0.1, -0.05) is 6.07 Å². The minimum absolute atomic E-state index is 0.637. The monoisotopic (exact) mass is 297 g/mol. The second-order valence-electron chi connectivity index (χ2n) is 4.54. The van der Waals surface area contributed by atoms with E-state index < -0.39 is 0 Å². The third-order valence-electron chi connectivity index (χ3n) is 2.97. The Bertz CT molecular complexity index is 385. The molecule has 0 fully saturated rings. The van der Waals surface area contributed by atoms with E-state index in [0.29, 0.717) is 13.2 Å². The fraction of sp³-hybridized carbons (Fsp3) is 0.625. The van der Waals surface area contributed by atoms with Gasteiger partial charge < -0.3 is 24.3 Å². The van der Waals surface area contributed by atoms with Gasteiger partial charge in [-0.15, -0.1) is 0 Å². The van der Waals surface area contributed by atoms with Crippen LogP contribution in [-0.4, -0.2) is 47.2 Å². The van der Waals surface area contributed by atoms with Gasteiger partial charge in [-0.2, -0.15) is 0 Å². The summed E-state index contributed by atoms with van der Waals surface area (Å²) in [6.07, 6.45) is 0.877. The van der Waals surface area contributed by atoms with Gasteiger partial charge in [0.2, 0.25) is 0 Å². The van der Waals surface area contributed by atoms with Gasteiger partial charge in [0, 0.05) is 51.5 Å². The fourth-order valence-corrected chi connectivity index (χ4v) is 1.83. The van der Waals surface area contributed by atoms with Crippen molar-refractivity contribution in [3.05, 3.63) is 23.8 Å². The molecule has 0 amide bonds. The van der Waals surface area contributed by atoms with Crippen molar-refractivity contribution in [2.75, 3.05) is 47.2 Å². The first-order valence-electron chi connectivity index (χ1n) is 7.39. The molecule has 0 saturated heterocycles. The molecule has 120 valence electrons. The summed E-state index contributed by atoms with van der Waals surface area (Å²) in [6.45, 7) is 6.35. The van der Waals surface area contributed by atoms with E-state index in [1.165, 1.54) is 0 Å². The summed E-state index contributed by atoms with van der Waals surface area (Å²) in [5, 5.41) is 3.32. The molecule has 0 aliphatic carbocycles. The Balaban J connectivity index is 2.51. The summed E-state index contributed by atoms with van der Waals surface area (Å²) in [5.74, 6) is 1.66. The van der Waals surface area contributed by atoms with Crippen LogP contribution in [-0.2, 0) is 16.0 Å². The van der Waals surface area contributed by atoms with E-state index >= 15 is 0 Å². The summed E-state index contributed by atoms with van der Waals surface area (Å²) in [7, 11) is 3.35. The van der Waals surface area contributed by atoms with E-state index in [1.807, 2.05) is 25.1 Å². The lowest BCUT2D eigenvalue weighted by Gasteiger charge is -2.13. The topological polar surface area (TPSA) is 49.0 Å². The maximum Gasteiger partial charge on any atom is 0.127 e. The molecule has 0 spiro atoms. The predicted octanol–water partition coefficient (Wildman–Crippen LogP) is 2.24. The molecule has 1 N–H and O–H groups in total. The van der Waals surface area contributed by atoms with Gasteiger partial charge in [-0.05, 0) is 13.0 Å². The van der Waals surface area contributed by atoms with E-state index in [0.717, 1.165) is 49.8 Å². The largest absolute Gasteiger partial charge is 0.497 e. The van der Waals surface area contributed by atoms with E-state index in [1.54, 1.807) is 14.2 Å². The van der Waals surface area contributed by atoms with E-state index in [4.69, 9.17) is 18.9 Å². The standard InChI is InChI=1S/C16H27NO4/c1-4-20-9-5-10-21-16-12-15(19-3)7-6-14(16)13-17-8-11-18-2/h6-7,12,17H,4-5,8-11,13H2,1-3H3. The van der Waals surface area contributed by atoms with Crippen LogP contribution in [0.3, 0.4) is 0 Å². The SMILES string of the molecule is CCOCCCOc1cc(OC)ccc1CNCCOC. The molecule has 1 aromatic rings. The average molecular weight is 297 g/mol. The number of hydrogen-bond donors (Lipinski definition) is 1. The van der Waals surface area contributed by atoms with Crippen LogP contribution in [0.2, 0.25) is 0 Å². The van der Waals surface area contributed by atoms with Crippen LogP contribution >= 0.6 is 0 Å². The van der Waals surface area contributed by atoms with Crippen molar-refractivity contribution in [2.24, 2.45) is 0 Å². The quantitative estimate of drug-likeness (QED) is 0.600. The van der Waals surface area contributed by atoms with Crippen LogP contribution in [0.5, 0.6) is 11.5 Å². The molecular weight excluding hydrogens is 270 g/mol. The predicted molar refractivity (Wildman–Crippen MR) is 83.2 cm³/mol. The Labute approximate surface area is 127 Å². The van der Waals surface area contributed by atoms with Gasteiger partial charge in [0.25, 0.3) is 0 Å². The highest BCUT2D eigenvalue weighted by Crippen LogP contribution is 2.25. The number of benzene rings is 1. The maximum atomic E-state index is 5.85. The molecule has 0 heterocycles. The average Bonchev–Trinajstić information content (AvgIpc) is 2.52. The lowest BCUT2D eigenvalue weighted by molar-refractivity contribution is 0.130. The molecule has 0 bridgehead atoms. The molecule has 0 aliphatic rings. The molecule has 5 nitrogen and oxygen atoms in total. The third-order valence-corrected chi connectivity index (χ3v) is 2.97. The fourth-order valence-electron chi connectivity index (χ4n) is 1.83. The van der Waals surface area contributed by atoms with Crippen molar-refractivity contribution >= 4 is 0 Å². The minimum atomic E-state index is 0.637. The van der Waals surface area contributed by atoms with Crippen LogP contribution in [0.15, 0.2) is 18.2 Å². The number of methoxy groups -OCH3 is 2. The summed E-state index contributed by atoms with van der Waals surface area (Å²) in [5.41, 5.74) is 1.11. The molecule has 0 aliphatic heterocycles. The van der Waals surface area contributed by atoms with Crippen molar-refractivity contribution in [1.82, 2.24) is 5.32 Å². The number of nitrogens with one attached hydrogen (secondary N) is 1. The molecule has 0 unspecified atom stereocenters. The molecule has 0 saturated carbocycles. The molecule has 0 aromatic heterocycles. The highest BCUT2D eigenvalue weighted by Gasteiger charge is 2.06. The van der Waals surface area contributed by atoms with Crippen LogP contribution in [0.25, 0.3) is 0 Å². The van der Waals surface area contributed by atoms with Gasteiger partial charge in [0.05, 0.1) is 20.3 Å². The van der Waals surface area contributed by atoms with Crippen molar-refractivity contribution in [1.29, 1.82) is 0 Å². The first kappa shape index (κ1) is 17.8. The zero-order chi connectivity index (χ0) is 15.3. The van der Waals surface area contributed by atoms with Gasteiger partial charge in [-0.25, -0.2) is 0 Å². The summed E-state index contributed by atoms with van der Waals surface area (Å²) in [6, 6.07) is 5.89. The molecule has 1 rings (SSSR count). The summed E-state index contributed by atoms with van der Waals surface area (Å²) in [4.78, 5) is 0. The van der Waals surface area contributed by atoms with Gasteiger partial charge >= 0.3 is 0 Å². The van der Waals surface area contributed by atoms with Crippen molar-refractivity contribution < 1.29 is 18.9 Å². The normalized spacial score (nSPS) is 10.6. The Kier molecular flexibility index (Phi) is 9.61. The second-order valence-corrected chi connectivity index (χ2v) is 4.54. The van der Waals surface area contributed by atoms with Crippen molar-refractivity contribution in [3.8, 4) is 11.5 Å². The molecule has 0 atom stereocenters. The first-order valence-corrected chi connectivity index (χ1v) is 7.39. The zero-order valence-corrected chi connectivity index (χ0v) is 13.3. The van der Waals surface area contributed by atoms with Gasteiger partial charge in [0.15, 0.2) is 0 Å². The van der Waals surface area contributed by atoms with E-state index in [-0.39, 0.29) is 0 Å². The van der Waals surface area contributed by atoms with Crippen LogP contribution in [0.4, 0.5) is 0 Å². The highest BCUT2D eigenvalue weighted by molar-refractivity contribution is 5.40. The molecule has 5 heteroatoms. The molecule has 21 heavy (non-hydrogen) atoms. The summed E-state index contributed by atoms with van der Waals surface area (Å²) < 4.78 is 21.4. The van der Waals surface area contributed by atoms with Crippen LogP contribution in [0, 0.1) is 0 Å². The maximum absolute atomic E-state index is 5.85. The summed E-state index contributed by atoms with van der Waals surface area (Å²) >= 11 is 0. The Hall–Kier alpha value is -1.30. The molecule has 1 aromatic carbocycles. The second kappa shape index (κ2) is 11.4. The highest BCUT2D eigenvalue weighted by atomic mass is 16.5. The number of rotatable bonds is 12. The Morgan fingerprint density at radius 2 is 1.95 bits per heavy atom. The van der Waals surface area contributed by atoms with Crippen LogP contribution in [0.1, 0.15) is 18.9 Å². The van der Waals surface area contributed by atoms with Crippen LogP contribution < -0.4 is 14.8 Å². The third kappa shape index (κ3) is 7.32. The number of ether oxygens (including phenoxy) is 4. The van der Waals surface area contributed by atoms with Crippen molar-refractivity contribution in [2.45, 2.75) is 19.9 Å². The number of hydrogen-bond acceptors (Lipinski definition) is 5. The lowest BCUT2D eigenvalue weighted by atomic mass is 10.2. The lowest BCUT2D eigenvalue weighted by Crippen LogP contribution is -2.19. The van der Waals surface area contributed by atoms with E-state index in [2.05, 4.69) is 5.32 Å². The van der Waals surface area contributed by atoms with Gasteiger partial charge in [-0.3, -0.25) is 0 Å².